The average Bonchev–Trinajstić information content (AvgIpc) is 2.41. The lowest BCUT2D eigenvalue weighted by atomic mass is 9.98. The van der Waals surface area contributed by atoms with Gasteiger partial charge in [0.1, 0.15) is 0 Å². The van der Waals surface area contributed by atoms with E-state index < -0.39 is 6.04 Å². The molecule has 0 radical (unpaired) electrons. The lowest BCUT2D eigenvalue weighted by Gasteiger charge is -2.11. The lowest BCUT2D eigenvalue weighted by Crippen LogP contribution is -2.21. The Morgan fingerprint density at radius 1 is 1.00 bits per heavy atom. The van der Waals surface area contributed by atoms with Crippen molar-refractivity contribution in [3.05, 3.63) is 69.7 Å². The Bertz CT molecular complexity index is 569. The largest absolute Gasteiger partial charge is 0.318 e. The van der Waals surface area contributed by atoms with Gasteiger partial charge in [0.05, 0.1) is 16.1 Å². The molecule has 0 saturated carbocycles. The summed E-state index contributed by atoms with van der Waals surface area (Å²) in [5.41, 5.74) is 7.16. The molecule has 0 aromatic heterocycles. The minimum atomic E-state index is -0.691. The minimum absolute atomic E-state index is 0.181. The van der Waals surface area contributed by atoms with Crippen LogP contribution in [0.15, 0.2) is 48.5 Å². The molecule has 0 aliphatic rings. The summed E-state index contributed by atoms with van der Waals surface area (Å²) in [4.78, 5) is 12.2. The summed E-state index contributed by atoms with van der Waals surface area (Å²) < 4.78 is 0. The van der Waals surface area contributed by atoms with Crippen LogP contribution in [0.5, 0.6) is 0 Å². The minimum Gasteiger partial charge on any atom is -0.318 e. The first-order valence-corrected chi connectivity index (χ1v) is 6.15. The number of rotatable bonds is 3. The molecule has 2 nitrogen and oxygen atoms in total. The Balaban J connectivity index is 2.29. The van der Waals surface area contributed by atoms with E-state index in [4.69, 9.17) is 28.9 Å². The molecule has 0 amide bonds. The third kappa shape index (κ3) is 2.72. The zero-order valence-corrected chi connectivity index (χ0v) is 10.9. The summed E-state index contributed by atoms with van der Waals surface area (Å²) in [6, 6.07) is 13.3. The van der Waals surface area contributed by atoms with E-state index in [1.165, 1.54) is 6.07 Å². The van der Waals surface area contributed by atoms with Crippen LogP contribution >= 0.6 is 23.2 Å². The Hall–Kier alpha value is -1.35. The fraction of sp³-hybridized carbons (Fsp3) is 0.0714. The monoisotopic (exact) mass is 279 g/mol. The maximum absolute atomic E-state index is 12.2. The molecule has 0 bridgehead atoms. The Morgan fingerprint density at radius 3 is 2.28 bits per heavy atom. The maximum atomic E-state index is 12.2. The van der Waals surface area contributed by atoms with Crippen LogP contribution in [0.2, 0.25) is 10.0 Å². The van der Waals surface area contributed by atoms with Crippen LogP contribution in [0, 0.1) is 0 Å². The van der Waals surface area contributed by atoms with Gasteiger partial charge < -0.3 is 5.73 Å². The highest BCUT2D eigenvalue weighted by Gasteiger charge is 2.18. The van der Waals surface area contributed by atoms with E-state index in [1.807, 2.05) is 30.3 Å². The zero-order chi connectivity index (χ0) is 13.1. The predicted molar refractivity (Wildman–Crippen MR) is 74.2 cm³/mol. The third-order valence-corrected chi connectivity index (χ3v) is 3.38. The van der Waals surface area contributed by atoms with Crippen molar-refractivity contribution in [3.8, 4) is 0 Å². The average molecular weight is 280 g/mol. The first kappa shape index (κ1) is 13.1. The van der Waals surface area contributed by atoms with Crippen LogP contribution in [0.3, 0.4) is 0 Å². The van der Waals surface area contributed by atoms with Gasteiger partial charge in [0.2, 0.25) is 0 Å². The molecule has 0 saturated heterocycles. The Morgan fingerprint density at radius 2 is 1.67 bits per heavy atom. The fourth-order valence-electron chi connectivity index (χ4n) is 1.64. The number of carbonyl (C=O) groups excluding carboxylic acids is 1. The van der Waals surface area contributed by atoms with Gasteiger partial charge in [-0.25, -0.2) is 0 Å². The lowest BCUT2D eigenvalue weighted by molar-refractivity contribution is 0.0961. The highest BCUT2D eigenvalue weighted by atomic mass is 35.5. The molecule has 0 aliphatic carbocycles. The SMILES string of the molecule is NC(C(=O)c1ccc(Cl)c(Cl)c1)c1ccccc1. The number of ketones is 1. The second kappa shape index (κ2) is 5.53. The van der Waals surface area contributed by atoms with Crippen molar-refractivity contribution < 1.29 is 4.79 Å². The summed E-state index contributed by atoms with van der Waals surface area (Å²) in [5, 5.41) is 0.768. The number of benzene rings is 2. The number of Topliss-reactive ketones (excluding diaryl/α,β-unsaturated/α-hetero) is 1. The van der Waals surface area contributed by atoms with Crippen LogP contribution in [0.1, 0.15) is 22.0 Å². The first-order valence-electron chi connectivity index (χ1n) is 5.39. The van der Waals surface area contributed by atoms with Gasteiger partial charge in [-0.3, -0.25) is 4.79 Å². The Labute approximate surface area is 115 Å². The van der Waals surface area contributed by atoms with E-state index in [0.717, 1.165) is 5.56 Å². The molecule has 1 unspecified atom stereocenters. The smallest absolute Gasteiger partial charge is 0.184 e. The van der Waals surface area contributed by atoms with Crippen LogP contribution in [0.25, 0.3) is 0 Å². The van der Waals surface area contributed by atoms with Gasteiger partial charge >= 0.3 is 0 Å². The van der Waals surface area contributed by atoms with Crippen molar-refractivity contribution in [2.24, 2.45) is 5.73 Å². The summed E-state index contributed by atoms with van der Waals surface area (Å²) in [6.07, 6.45) is 0. The van der Waals surface area contributed by atoms with Crippen molar-refractivity contribution >= 4 is 29.0 Å². The molecule has 2 aromatic carbocycles. The molecule has 0 spiro atoms. The number of hydrogen-bond acceptors (Lipinski definition) is 2. The maximum Gasteiger partial charge on any atom is 0.184 e. The van der Waals surface area contributed by atoms with E-state index in [9.17, 15) is 4.79 Å². The van der Waals surface area contributed by atoms with Crippen molar-refractivity contribution in [1.29, 1.82) is 0 Å². The normalized spacial score (nSPS) is 12.2. The summed E-state index contributed by atoms with van der Waals surface area (Å²) >= 11 is 11.7. The predicted octanol–water partition coefficient (Wildman–Crippen LogP) is 3.88. The van der Waals surface area contributed by atoms with E-state index in [-0.39, 0.29) is 5.78 Å². The number of halogens is 2. The molecule has 4 heteroatoms. The molecule has 92 valence electrons. The van der Waals surface area contributed by atoms with Gasteiger partial charge in [0.15, 0.2) is 5.78 Å². The van der Waals surface area contributed by atoms with E-state index >= 15 is 0 Å². The summed E-state index contributed by atoms with van der Waals surface area (Å²) in [5.74, 6) is -0.181. The standard InChI is InChI=1S/C14H11Cl2NO/c15-11-7-6-10(8-12(11)16)14(18)13(17)9-4-2-1-3-5-9/h1-8,13H,17H2. The molecule has 0 fully saturated rings. The quantitative estimate of drug-likeness (QED) is 0.867. The number of hydrogen-bond donors (Lipinski definition) is 1. The van der Waals surface area contributed by atoms with Gasteiger partial charge in [-0.1, -0.05) is 53.5 Å². The van der Waals surface area contributed by atoms with Gasteiger partial charge in [-0.2, -0.15) is 0 Å². The van der Waals surface area contributed by atoms with Crippen LogP contribution in [-0.4, -0.2) is 5.78 Å². The molecule has 1 atom stereocenters. The van der Waals surface area contributed by atoms with Gasteiger partial charge in [0, 0.05) is 5.56 Å². The van der Waals surface area contributed by atoms with E-state index in [0.29, 0.717) is 15.6 Å². The molecular weight excluding hydrogens is 269 g/mol. The van der Waals surface area contributed by atoms with Crippen LogP contribution in [-0.2, 0) is 0 Å². The van der Waals surface area contributed by atoms with Crippen molar-refractivity contribution in [3.63, 3.8) is 0 Å². The molecule has 2 N–H and O–H groups in total. The van der Waals surface area contributed by atoms with Crippen molar-refractivity contribution in [2.45, 2.75) is 6.04 Å². The molecule has 18 heavy (non-hydrogen) atoms. The van der Waals surface area contributed by atoms with Gasteiger partial charge in [-0.05, 0) is 23.8 Å². The van der Waals surface area contributed by atoms with Gasteiger partial charge in [-0.15, -0.1) is 0 Å². The van der Waals surface area contributed by atoms with Crippen molar-refractivity contribution in [1.82, 2.24) is 0 Å². The van der Waals surface area contributed by atoms with E-state index in [2.05, 4.69) is 0 Å². The topological polar surface area (TPSA) is 43.1 Å². The summed E-state index contributed by atoms with van der Waals surface area (Å²) in [6.45, 7) is 0. The molecule has 0 heterocycles. The fourth-order valence-corrected chi connectivity index (χ4v) is 1.94. The zero-order valence-electron chi connectivity index (χ0n) is 9.44. The molecule has 2 rings (SSSR count). The second-order valence-corrected chi connectivity index (χ2v) is 4.70. The highest BCUT2D eigenvalue weighted by molar-refractivity contribution is 6.42. The van der Waals surface area contributed by atoms with Crippen molar-refractivity contribution in [2.75, 3.05) is 0 Å². The number of carbonyl (C=O) groups is 1. The summed E-state index contributed by atoms with van der Waals surface area (Å²) in [7, 11) is 0. The second-order valence-electron chi connectivity index (χ2n) is 3.88. The van der Waals surface area contributed by atoms with Gasteiger partial charge in [0.25, 0.3) is 0 Å². The number of nitrogens with two attached hydrogens (primary N) is 1. The third-order valence-electron chi connectivity index (χ3n) is 2.65. The van der Waals surface area contributed by atoms with E-state index in [1.54, 1.807) is 12.1 Å². The molecule has 0 aliphatic heterocycles. The van der Waals surface area contributed by atoms with Crippen LogP contribution < -0.4 is 5.73 Å². The first-order chi connectivity index (χ1) is 8.59. The Kier molecular flexibility index (Phi) is 4.02. The molecular formula is C14H11Cl2NO. The molecule has 2 aromatic rings. The highest BCUT2D eigenvalue weighted by Crippen LogP contribution is 2.25. The van der Waals surface area contributed by atoms with Crippen LogP contribution in [0.4, 0.5) is 0 Å².